The molecule has 32 heavy (non-hydrogen) atoms. The van der Waals surface area contributed by atoms with Crippen molar-refractivity contribution in [3.63, 3.8) is 0 Å². The average molecular weight is 501 g/mol. The highest BCUT2D eigenvalue weighted by Gasteiger charge is 2.14. The number of rotatable bonds is 7. The van der Waals surface area contributed by atoms with Crippen LogP contribution in [0.25, 0.3) is 0 Å². The molecule has 0 bridgehead atoms. The summed E-state index contributed by atoms with van der Waals surface area (Å²) < 4.78 is 1.32. The van der Waals surface area contributed by atoms with Gasteiger partial charge in [-0.2, -0.15) is 0 Å². The predicted octanol–water partition coefficient (Wildman–Crippen LogP) is 5.31. The van der Waals surface area contributed by atoms with E-state index in [1.807, 2.05) is 50.2 Å². The molecule has 162 valence electrons. The molecule has 0 radical (unpaired) electrons. The molecule has 4 aromatic rings. The zero-order valence-electron chi connectivity index (χ0n) is 16.9. The number of carbonyl (C=O) groups is 2. The second-order valence-electron chi connectivity index (χ2n) is 6.56. The predicted molar refractivity (Wildman–Crippen MR) is 130 cm³/mol. The van der Waals surface area contributed by atoms with Crippen LogP contribution < -0.4 is 10.6 Å². The van der Waals surface area contributed by atoms with Crippen LogP contribution >= 0.6 is 44.3 Å². The van der Waals surface area contributed by atoms with Crippen molar-refractivity contribution in [2.45, 2.75) is 22.5 Å². The molecule has 0 aliphatic carbocycles. The van der Waals surface area contributed by atoms with Crippen LogP contribution in [0.2, 0.25) is 0 Å². The maximum absolute atomic E-state index is 12.3. The first-order valence-electron chi connectivity index (χ1n) is 9.24. The third-order valence-electron chi connectivity index (χ3n) is 4.00. The third kappa shape index (κ3) is 5.91. The van der Waals surface area contributed by atoms with Crippen LogP contribution in [-0.4, -0.2) is 32.2 Å². The van der Waals surface area contributed by atoms with Crippen LogP contribution in [0.5, 0.6) is 0 Å². The highest BCUT2D eigenvalue weighted by atomic mass is 33.1. The number of hydrogen-bond donors (Lipinski definition) is 2. The fourth-order valence-corrected chi connectivity index (χ4v) is 6.40. The summed E-state index contributed by atoms with van der Waals surface area (Å²) in [6.45, 7) is 3.86. The quantitative estimate of drug-likeness (QED) is 0.259. The van der Waals surface area contributed by atoms with Gasteiger partial charge in [-0.1, -0.05) is 58.1 Å². The Morgan fingerprint density at radius 2 is 1.16 bits per heavy atom. The van der Waals surface area contributed by atoms with E-state index in [0.717, 1.165) is 11.1 Å². The summed E-state index contributed by atoms with van der Waals surface area (Å²) in [6.07, 6.45) is 0. The first kappa shape index (κ1) is 22.4. The fourth-order valence-electron chi connectivity index (χ4n) is 2.57. The molecule has 12 heteroatoms. The number of aromatic nitrogens is 4. The van der Waals surface area contributed by atoms with E-state index in [0.29, 0.717) is 30.1 Å². The van der Waals surface area contributed by atoms with Crippen molar-refractivity contribution in [3.05, 3.63) is 70.8 Å². The molecule has 2 N–H and O–H groups in total. The second kappa shape index (κ2) is 10.2. The lowest BCUT2D eigenvalue weighted by Crippen LogP contribution is -2.11. The Morgan fingerprint density at radius 3 is 1.56 bits per heavy atom. The van der Waals surface area contributed by atoms with Crippen LogP contribution in [0, 0.1) is 13.8 Å². The summed E-state index contributed by atoms with van der Waals surface area (Å²) in [5, 5.41) is 22.5. The van der Waals surface area contributed by atoms with Crippen molar-refractivity contribution in [3.8, 4) is 0 Å². The molecule has 0 saturated heterocycles. The number of carbonyl (C=O) groups excluding carboxylic acids is 2. The molecule has 2 aromatic carbocycles. The molecule has 0 unspecified atom stereocenters. The van der Waals surface area contributed by atoms with Crippen molar-refractivity contribution < 1.29 is 9.59 Å². The van der Waals surface area contributed by atoms with Gasteiger partial charge in [0.2, 0.25) is 10.3 Å². The monoisotopic (exact) mass is 500 g/mol. The van der Waals surface area contributed by atoms with E-state index in [1.165, 1.54) is 44.3 Å². The van der Waals surface area contributed by atoms with Crippen molar-refractivity contribution in [1.29, 1.82) is 0 Å². The van der Waals surface area contributed by atoms with E-state index in [4.69, 9.17) is 0 Å². The number of amides is 2. The molecule has 0 spiro atoms. The number of aryl methyl sites for hydroxylation is 2. The fraction of sp³-hybridized carbons (Fsp3) is 0.100. The Morgan fingerprint density at radius 1 is 0.719 bits per heavy atom. The number of hydrogen-bond acceptors (Lipinski definition) is 10. The first-order valence-corrected chi connectivity index (χ1v) is 13.0. The first-order chi connectivity index (χ1) is 15.5. The standard InChI is InChI=1S/C20H16N6O2S4/c1-11-5-3-7-13(9-11)15(27)21-17-23-25-19(29-17)31-32-20-26-24-18(30-20)22-16(28)14-8-4-6-12(2)10-14/h3-10H,1-2H3,(H,21,23,27)(H,22,24,28). The molecule has 0 saturated carbocycles. The molecule has 2 amide bonds. The average Bonchev–Trinajstić information content (AvgIpc) is 3.41. The lowest BCUT2D eigenvalue weighted by Gasteiger charge is -2.01. The van der Waals surface area contributed by atoms with Crippen LogP contribution in [-0.2, 0) is 0 Å². The summed E-state index contributed by atoms with van der Waals surface area (Å²) in [4.78, 5) is 24.7. The number of nitrogens with one attached hydrogen (secondary N) is 2. The van der Waals surface area contributed by atoms with E-state index >= 15 is 0 Å². The Hall–Kier alpha value is -2.80. The van der Waals surface area contributed by atoms with E-state index in [9.17, 15) is 9.59 Å². The molecule has 2 heterocycles. The zero-order chi connectivity index (χ0) is 22.5. The van der Waals surface area contributed by atoms with Gasteiger partial charge in [0.05, 0.1) is 0 Å². The molecule has 0 aliphatic heterocycles. The van der Waals surface area contributed by atoms with Gasteiger partial charge in [0.15, 0.2) is 8.68 Å². The molecule has 2 aromatic heterocycles. The van der Waals surface area contributed by atoms with Crippen LogP contribution in [0.15, 0.2) is 57.2 Å². The van der Waals surface area contributed by atoms with Crippen molar-refractivity contribution >= 4 is 66.3 Å². The molecule has 0 aliphatic rings. The van der Waals surface area contributed by atoms with Gasteiger partial charge in [-0.05, 0) is 59.7 Å². The second-order valence-corrected chi connectivity index (χ2v) is 11.1. The van der Waals surface area contributed by atoms with Gasteiger partial charge in [-0.15, -0.1) is 20.4 Å². The van der Waals surface area contributed by atoms with Crippen LogP contribution in [0.3, 0.4) is 0 Å². The Bertz CT molecular complexity index is 1170. The van der Waals surface area contributed by atoms with Gasteiger partial charge in [-0.3, -0.25) is 20.2 Å². The van der Waals surface area contributed by atoms with Crippen LogP contribution in [0.4, 0.5) is 10.3 Å². The molecular weight excluding hydrogens is 485 g/mol. The van der Waals surface area contributed by atoms with E-state index in [2.05, 4.69) is 31.0 Å². The topological polar surface area (TPSA) is 110 Å². The molecule has 0 atom stereocenters. The highest BCUT2D eigenvalue weighted by Crippen LogP contribution is 2.41. The largest absolute Gasteiger partial charge is 0.296 e. The van der Waals surface area contributed by atoms with Crippen molar-refractivity contribution in [2.24, 2.45) is 0 Å². The SMILES string of the molecule is Cc1cccc(C(=O)Nc2nnc(SSc3nnc(NC(=O)c4cccc(C)c4)s3)s2)c1. The zero-order valence-corrected chi connectivity index (χ0v) is 20.1. The number of anilines is 2. The van der Waals surface area contributed by atoms with Gasteiger partial charge in [0, 0.05) is 11.1 Å². The summed E-state index contributed by atoms with van der Waals surface area (Å²) in [6, 6.07) is 14.7. The molecular formula is C20H16N6O2S4. The number of benzene rings is 2. The third-order valence-corrected chi connectivity index (χ3v) is 8.63. The van der Waals surface area contributed by atoms with E-state index in [1.54, 1.807) is 12.1 Å². The van der Waals surface area contributed by atoms with Gasteiger partial charge >= 0.3 is 0 Å². The molecule has 4 rings (SSSR count). The normalized spacial score (nSPS) is 10.7. The summed E-state index contributed by atoms with van der Waals surface area (Å²) in [5.74, 6) is -0.459. The van der Waals surface area contributed by atoms with Crippen molar-refractivity contribution in [1.82, 2.24) is 20.4 Å². The minimum absolute atomic E-state index is 0.229. The smallest absolute Gasteiger partial charge is 0.257 e. The Labute approximate surface area is 199 Å². The minimum atomic E-state index is -0.229. The Kier molecular flexibility index (Phi) is 7.15. The maximum Gasteiger partial charge on any atom is 0.257 e. The van der Waals surface area contributed by atoms with E-state index in [-0.39, 0.29) is 11.8 Å². The lowest BCUT2D eigenvalue weighted by atomic mass is 10.1. The van der Waals surface area contributed by atoms with Crippen LogP contribution in [0.1, 0.15) is 31.8 Å². The number of nitrogens with zero attached hydrogens (tertiary/aromatic N) is 4. The summed E-state index contributed by atoms with van der Waals surface area (Å²) >= 11 is 2.54. The molecule has 8 nitrogen and oxygen atoms in total. The van der Waals surface area contributed by atoms with Gasteiger partial charge < -0.3 is 0 Å². The highest BCUT2D eigenvalue weighted by molar-refractivity contribution is 8.77. The summed E-state index contributed by atoms with van der Waals surface area (Å²) in [5.41, 5.74) is 3.15. The van der Waals surface area contributed by atoms with Gasteiger partial charge in [0.25, 0.3) is 11.8 Å². The lowest BCUT2D eigenvalue weighted by molar-refractivity contribution is 0.101. The van der Waals surface area contributed by atoms with E-state index < -0.39 is 0 Å². The van der Waals surface area contributed by atoms with Crippen molar-refractivity contribution in [2.75, 3.05) is 10.6 Å². The minimum Gasteiger partial charge on any atom is -0.296 e. The van der Waals surface area contributed by atoms with Gasteiger partial charge in [-0.25, -0.2) is 0 Å². The van der Waals surface area contributed by atoms with Gasteiger partial charge in [0.1, 0.15) is 0 Å². The summed E-state index contributed by atoms with van der Waals surface area (Å²) in [7, 11) is 2.71. The molecule has 0 fully saturated rings. The maximum atomic E-state index is 12.3. The Balaban J connectivity index is 1.30.